The molecule has 1 unspecified atom stereocenters. The number of halogens is 1. The Morgan fingerprint density at radius 1 is 1.70 bits per heavy atom. The first kappa shape index (κ1) is 8.31. The van der Waals surface area contributed by atoms with Crippen molar-refractivity contribution in [2.45, 2.75) is 12.5 Å². The number of likely N-dealkylation sites (N-methyl/N-ethyl adjacent to an activating group) is 1. The van der Waals surface area contributed by atoms with Gasteiger partial charge in [-0.2, -0.15) is 0 Å². The average Bonchev–Trinajstić information content (AvgIpc) is 2.13. The lowest BCUT2D eigenvalue weighted by Crippen LogP contribution is -2.29. The fourth-order valence-corrected chi connectivity index (χ4v) is 1.36. The minimum Gasteiger partial charge on any atom is -0.376 e. The molecule has 0 N–H and O–H groups in total. The van der Waals surface area contributed by atoms with E-state index in [-0.39, 0.29) is 6.10 Å². The molecule has 0 aromatic carbocycles. The van der Waals surface area contributed by atoms with Gasteiger partial charge >= 0.3 is 0 Å². The van der Waals surface area contributed by atoms with Crippen LogP contribution in [0, 0.1) is 0 Å². The highest BCUT2D eigenvalue weighted by atomic mass is 35.5. The zero-order valence-corrected chi connectivity index (χ0v) is 7.10. The lowest BCUT2D eigenvalue weighted by Gasteiger charge is -2.16. The van der Waals surface area contributed by atoms with Crippen LogP contribution in [0.5, 0.6) is 0 Å². The Morgan fingerprint density at radius 3 is 3.20 bits per heavy atom. The van der Waals surface area contributed by atoms with Crippen LogP contribution in [-0.4, -0.2) is 43.6 Å². The van der Waals surface area contributed by atoms with Crippen molar-refractivity contribution in [1.82, 2.24) is 4.90 Å². The normalized spacial score (nSPS) is 30.0. The molecule has 0 amide bonds. The van der Waals surface area contributed by atoms with Crippen LogP contribution in [0.2, 0.25) is 0 Å². The van der Waals surface area contributed by atoms with E-state index >= 15 is 0 Å². The third-order valence-corrected chi connectivity index (χ3v) is 2.07. The highest BCUT2D eigenvalue weighted by molar-refractivity contribution is 6.18. The average molecular weight is 164 g/mol. The topological polar surface area (TPSA) is 12.5 Å². The molecule has 10 heavy (non-hydrogen) atoms. The maximum absolute atomic E-state index is 5.67. The summed E-state index contributed by atoms with van der Waals surface area (Å²) < 4.78 is 5.45. The Balaban J connectivity index is 2.30. The summed E-state index contributed by atoms with van der Waals surface area (Å²) >= 11 is 5.67. The number of nitrogens with zero attached hydrogens (tertiary/aromatic N) is 1. The lowest BCUT2D eigenvalue weighted by atomic mass is 10.4. The van der Waals surface area contributed by atoms with Gasteiger partial charge in [0.25, 0.3) is 0 Å². The first-order chi connectivity index (χ1) is 4.83. The summed E-state index contributed by atoms with van der Waals surface area (Å²) in [6.07, 6.45) is 1.37. The number of rotatable bonds is 1. The molecule has 2 nitrogen and oxygen atoms in total. The third-order valence-electron chi connectivity index (χ3n) is 1.73. The SMILES string of the molecule is CN1CCCOC(CCl)C1. The van der Waals surface area contributed by atoms with Crippen molar-refractivity contribution in [3.63, 3.8) is 0 Å². The van der Waals surface area contributed by atoms with Crippen LogP contribution in [0.3, 0.4) is 0 Å². The molecule has 1 rings (SSSR count). The van der Waals surface area contributed by atoms with Gasteiger partial charge in [0.15, 0.2) is 0 Å². The monoisotopic (exact) mass is 163 g/mol. The van der Waals surface area contributed by atoms with Gasteiger partial charge in [-0.25, -0.2) is 0 Å². The highest BCUT2D eigenvalue weighted by Crippen LogP contribution is 2.04. The van der Waals surface area contributed by atoms with Gasteiger partial charge in [-0.3, -0.25) is 0 Å². The summed E-state index contributed by atoms with van der Waals surface area (Å²) in [5.41, 5.74) is 0. The van der Waals surface area contributed by atoms with Crippen LogP contribution < -0.4 is 0 Å². The first-order valence-electron chi connectivity index (χ1n) is 3.69. The van der Waals surface area contributed by atoms with Crippen molar-refractivity contribution in [3.8, 4) is 0 Å². The molecule has 1 atom stereocenters. The fraction of sp³-hybridized carbons (Fsp3) is 1.00. The second-order valence-corrected chi connectivity index (χ2v) is 3.07. The van der Waals surface area contributed by atoms with E-state index in [4.69, 9.17) is 16.3 Å². The van der Waals surface area contributed by atoms with Crippen LogP contribution in [0.1, 0.15) is 6.42 Å². The van der Waals surface area contributed by atoms with E-state index in [1.165, 1.54) is 0 Å². The maximum Gasteiger partial charge on any atom is 0.0836 e. The highest BCUT2D eigenvalue weighted by Gasteiger charge is 2.13. The summed E-state index contributed by atoms with van der Waals surface area (Å²) in [6, 6.07) is 0. The van der Waals surface area contributed by atoms with E-state index in [2.05, 4.69) is 11.9 Å². The minimum absolute atomic E-state index is 0.245. The predicted molar refractivity (Wildman–Crippen MR) is 42.6 cm³/mol. The molecule has 1 heterocycles. The number of hydrogen-bond donors (Lipinski definition) is 0. The molecule has 0 aromatic rings. The molecule has 1 saturated heterocycles. The summed E-state index contributed by atoms with van der Waals surface area (Å²) in [4.78, 5) is 2.26. The Hall–Kier alpha value is 0.210. The molecule has 3 heteroatoms. The van der Waals surface area contributed by atoms with Crippen LogP contribution >= 0.6 is 11.6 Å². The smallest absolute Gasteiger partial charge is 0.0836 e. The lowest BCUT2D eigenvalue weighted by molar-refractivity contribution is 0.0732. The van der Waals surface area contributed by atoms with Gasteiger partial charge in [0, 0.05) is 25.6 Å². The Labute approximate surface area is 67.1 Å². The van der Waals surface area contributed by atoms with E-state index in [9.17, 15) is 0 Å². The van der Waals surface area contributed by atoms with Crippen LogP contribution in [-0.2, 0) is 4.74 Å². The summed E-state index contributed by atoms with van der Waals surface area (Å²) in [5, 5.41) is 0. The molecule has 0 radical (unpaired) electrons. The summed E-state index contributed by atoms with van der Waals surface area (Å²) in [7, 11) is 2.11. The Kier molecular flexibility index (Phi) is 3.46. The van der Waals surface area contributed by atoms with Gasteiger partial charge in [0.1, 0.15) is 0 Å². The quantitative estimate of drug-likeness (QED) is 0.534. The van der Waals surface area contributed by atoms with E-state index in [0.717, 1.165) is 26.1 Å². The van der Waals surface area contributed by atoms with Crippen LogP contribution in [0.15, 0.2) is 0 Å². The van der Waals surface area contributed by atoms with Crippen molar-refractivity contribution in [2.75, 3.05) is 32.6 Å². The van der Waals surface area contributed by atoms with Gasteiger partial charge in [-0.1, -0.05) is 0 Å². The molecule has 1 fully saturated rings. The van der Waals surface area contributed by atoms with Crippen LogP contribution in [0.25, 0.3) is 0 Å². The molecule has 0 aliphatic carbocycles. The summed E-state index contributed by atoms with van der Waals surface area (Å²) in [6.45, 7) is 2.97. The molecular weight excluding hydrogens is 150 g/mol. The van der Waals surface area contributed by atoms with E-state index in [1.807, 2.05) is 0 Å². The number of ether oxygens (including phenoxy) is 1. The van der Waals surface area contributed by atoms with Gasteiger partial charge in [-0.05, 0) is 13.5 Å². The van der Waals surface area contributed by atoms with E-state index in [1.54, 1.807) is 0 Å². The van der Waals surface area contributed by atoms with Crippen molar-refractivity contribution in [1.29, 1.82) is 0 Å². The van der Waals surface area contributed by atoms with Crippen molar-refractivity contribution < 1.29 is 4.74 Å². The van der Waals surface area contributed by atoms with Crippen LogP contribution in [0.4, 0.5) is 0 Å². The molecule has 0 bridgehead atoms. The zero-order chi connectivity index (χ0) is 7.40. The van der Waals surface area contributed by atoms with Crippen molar-refractivity contribution in [3.05, 3.63) is 0 Å². The van der Waals surface area contributed by atoms with E-state index in [0.29, 0.717) is 5.88 Å². The van der Waals surface area contributed by atoms with Crippen molar-refractivity contribution >= 4 is 11.6 Å². The molecule has 1 aliphatic rings. The Morgan fingerprint density at radius 2 is 2.50 bits per heavy atom. The standard InChI is InChI=1S/C7H14ClNO/c1-9-3-2-4-10-7(5-8)6-9/h7H,2-6H2,1H3. The first-order valence-corrected chi connectivity index (χ1v) is 4.22. The molecule has 0 aromatic heterocycles. The maximum atomic E-state index is 5.67. The van der Waals surface area contributed by atoms with Gasteiger partial charge in [0.05, 0.1) is 6.10 Å². The van der Waals surface area contributed by atoms with E-state index < -0.39 is 0 Å². The molecule has 0 spiro atoms. The largest absolute Gasteiger partial charge is 0.376 e. The van der Waals surface area contributed by atoms with Gasteiger partial charge in [0.2, 0.25) is 0 Å². The van der Waals surface area contributed by atoms with Gasteiger partial charge < -0.3 is 9.64 Å². The molecule has 1 aliphatic heterocycles. The minimum atomic E-state index is 0.245. The predicted octanol–water partition coefficient (Wildman–Crippen LogP) is 0.946. The second kappa shape index (κ2) is 4.16. The zero-order valence-electron chi connectivity index (χ0n) is 6.35. The molecule has 0 saturated carbocycles. The van der Waals surface area contributed by atoms with Crippen molar-refractivity contribution in [2.24, 2.45) is 0 Å². The summed E-state index contributed by atoms with van der Waals surface area (Å²) in [5.74, 6) is 0.615. The molecular formula is C7H14ClNO. The second-order valence-electron chi connectivity index (χ2n) is 2.76. The fourth-order valence-electron chi connectivity index (χ4n) is 1.17. The number of hydrogen-bond acceptors (Lipinski definition) is 2. The third kappa shape index (κ3) is 2.45. The van der Waals surface area contributed by atoms with Gasteiger partial charge in [-0.15, -0.1) is 11.6 Å². The number of alkyl halides is 1. The Bertz CT molecular complexity index is 99.6. The molecule has 60 valence electrons.